The maximum absolute atomic E-state index is 11.0. The highest BCUT2D eigenvalue weighted by atomic mass is 35.5. The van der Waals surface area contributed by atoms with Gasteiger partial charge in [0, 0.05) is 19.8 Å². The van der Waals surface area contributed by atoms with E-state index in [1.165, 1.54) is 6.07 Å². The molecule has 0 saturated heterocycles. The van der Waals surface area contributed by atoms with Crippen LogP contribution < -0.4 is 10.6 Å². The zero-order valence-corrected chi connectivity index (χ0v) is 16.4. The van der Waals surface area contributed by atoms with Gasteiger partial charge in [-0.3, -0.25) is 0 Å². The molecule has 0 fully saturated rings. The van der Waals surface area contributed by atoms with E-state index < -0.39 is 5.97 Å². The van der Waals surface area contributed by atoms with Crippen LogP contribution in [0.4, 0.5) is 11.1 Å². The van der Waals surface area contributed by atoms with E-state index in [0.717, 1.165) is 27.0 Å². The molecule has 0 aliphatic heterocycles. The third kappa shape index (κ3) is 4.53. The normalized spacial score (nSPS) is 10.6. The Labute approximate surface area is 165 Å². The summed E-state index contributed by atoms with van der Waals surface area (Å²) in [5.74, 6) is -0.505. The van der Waals surface area contributed by atoms with Crippen LogP contribution in [-0.4, -0.2) is 39.6 Å². The van der Waals surface area contributed by atoms with Gasteiger partial charge in [-0.15, -0.1) is 0 Å². The summed E-state index contributed by atoms with van der Waals surface area (Å²) in [7, 11) is 1.84. The van der Waals surface area contributed by atoms with Gasteiger partial charge in [0.1, 0.15) is 0 Å². The topological polar surface area (TPSA) is 100 Å². The molecule has 9 heteroatoms. The predicted molar refractivity (Wildman–Crippen MR) is 108 cm³/mol. The minimum atomic E-state index is -1.03. The monoisotopic (exact) mass is 403 g/mol. The van der Waals surface area contributed by atoms with Gasteiger partial charge in [0.15, 0.2) is 5.13 Å². The second-order valence-electron chi connectivity index (χ2n) is 5.75. The number of nitrogens with one attached hydrogen (secondary N) is 2. The number of anilines is 2. The minimum Gasteiger partial charge on any atom is -0.478 e. The summed E-state index contributed by atoms with van der Waals surface area (Å²) < 4.78 is 0. The van der Waals surface area contributed by atoms with Crippen molar-refractivity contribution in [1.82, 2.24) is 15.0 Å². The molecule has 2 heterocycles. The highest BCUT2D eigenvalue weighted by Crippen LogP contribution is 2.31. The molecule has 27 heavy (non-hydrogen) atoms. The van der Waals surface area contributed by atoms with Gasteiger partial charge >= 0.3 is 5.97 Å². The van der Waals surface area contributed by atoms with E-state index >= 15 is 0 Å². The highest BCUT2D eigenvalue weighted by molar-refractivity contribution is 7.19. The van der Waals surface area contributed by atoms with Crippen molar-refractivity contribution in [3.05, 3.63) is 52.3 Å². The number of carboxylic acid groups (broad SMARTS) is 1. The molecule has 0 saturated carbocycles. The zero-order chi connectivity index (χ0) is 19.4. The van der Waals surface area contributed by atoms with Crippen LogP contribution in [0.5, 0.6) is 0 Å². The Morgan fingerprint density at radius 2 is 2.11 bits per heavy atom. The molecule has 0 atom stereocenters. The zero-order valence-electron chi connectivity index (χ0n) is 14.8. The van der Waals surface area contributed by atoms with Crippen LogP contribution in [-0.2, 0) is 6.42 Å². The first-order valence-electron chi connectivity index (χ1n) is 8.22. The molecule has 0 radical (unpaired) electrons. The van der Waals surface area contributed by atoms with Gasteiger partial charge in [-0.1, -0.05) is 29.0 Å². The van der Waals surface area contributed by atoms with Crippen LogP contribution in [0, 0.1) is 6.92 Å². The quantitative estimate of drug-likeness (QED) is 0.549. The first kappa shape index (κ1) is 19.1. The molecule has 0 spiro atoms. The number of halogens is 1. The van der Waals surface area contributed by atoms with Gasteiger partial charge in [-0.25, -0.2) is 19.7 Å². The maximum Gasteiger partial charge on any atom is 0.337 e. The van der Waals surface area contributed by atoms with E-state index in [4.69, 9.17) is 16.7 Å². The van der Waals surface area contributed by atoms with Gasteiger partial charge in [-0.05, 0) is 37.1 Å². The summed E-state index contributed by atoms with van der Waals surface area (Å²) in [4.78, 5) is 25.2. The van der Waals surface area contributed by atoms with Crippen LogP contribution in [0.2, 0.25) is 5.02 Å². The van der Waals surface area contributed by atoms with Crippen LogP contribution in [0.25, 0.3) is 10.6 Å². The van der Waals surface area contributed by atoms with Crippen molar-refractivity contribution in [3.63, 3.8) is 0 Å². The number of aryl methyl sites for hydroxylation is 1. The van der Waals surface area contributed by atoms with Gasteiger partial charge in [0.25, 0.3) is 0 Å². The molecule has 3 rings (SSSR count). The molecular formula is C18H18ClN5O2S. The average Bonchev–Trinajstić information content (AvgIpc) is 3.03. The van der Waals surface area contributed by atoms with Crippen LogP contribution in [0.1, 0.15) is 21.6 Å². The summed E-state index contributed by atoms with van der Waals surface area (Å²) >= 11 is 7.55. The fourth-order valence-corrected chi connectivity index (χ4v) is 3.69. The number of aromatic nitrogens is 3. The lowest BCUT2D eigenvalue weighted by Crippen LogP contribution is -2.08. The van der Waals surface area contributed by atoms with Crippen LogP contribution in [0.15, 0.2) is 30.5 Å². The third-order valence-corrected chi connectivity index (χ3v) is 5.37. The number of nitrogens with zero attached hydrogens (tertiary/aromatic N) is 3. The number of hydrogen-bond donors (Lipinski definition) is 3. The second-order valence-corrected chi connectivity index (χ2v) is 7.15. The van der Waals surface area contributed by atoms with E-state index in [1.54, 1.807) is 29.7 Å². The molecule has 0 bridgehead atoms. The van der Waals surface area contributed by atoms with E-state index in [9.17, 15) is 4.79 Å². The second kappa shape index (κ2) is 8.32. The molecule has 7 nitrogen and oxygen atoms in total. The maximum atomic E-state index is 11.0. The number of aromatic carboxylic acids is 1. The van der Waals surface area contributed by atoms with E-state index in [1.807, 2.05) is 20.0 Å². The molecule has 0 amide bonds. The molecule has 2 aromatic heterocycles. The summed E-state index contributed by atoms with van der Waals surface area (Å²) in [6.45, 7) is 2.54. The van der Waals surface area contributed by atoms with Gasteiger partial charge < -0.3 is 15.7 Å². The Hall–Kier alpha value is -2.71. The predicted octanol–water partition coefficient (Wildman–Crippen LogP) is 3.96. The van der Waals surface area contributed by atoms with Crippen LogP contribution >= 0.6 is 22.9 Å². The largest absolute Gasteiger partial charge is 0.478 e. The standard InChI is InChI=1S/C18H18ClN5O2S/c1-10-15(27-18(20-2)23-10)14-6-8-22-17(24-14)21-7-5-11-3-4-12(16(25)26)13(19)9-11/h3-4,6,8-9H,5,7H2,1-2H3,(H,20,23)(H,25,26)(H,21,22,24). The van der Waals surface area contributed by atoms with Crippen molar-refractivity contribution >= 4 is 40.0 Å². The molecule has 0 aliphatic carbocycles. The summed E-state index contributed by atoms with van der Waals surface area (Å²) in [5.41, 5.74) is 2.77. The number of thiazole rings is 1. The van der Waals surface area contributed by atoms with Crippen molar-refractivity contribution < 1.29 is 9.90 Å². The SMILES string of the molecule is CNc1nc(C)c(-c2ccnc(NCCc3ccc(C(=O)O)c(Cl)c3)n2)s1. The number of rotatable bonds is 7. The Bertz CT molecular complexity index is 976. The first-order chi connectivity index (χ1) is 13.0. The van der Waals surface area contributed by atoms with E-state index in [2.05, 4.69) is 25.6 Å². The van der Waals surface area contributed by atoms with Crippen molar-refractivity contribution in [2.24, 2.45) is 0 Å². The van der Waals surface area contributed by atoms with Crippen molar-refractivity contribution in [3.8, 4) is 10.6 Å². The third-order valence-electron chi connectivity index (χ3n) is 3.86. The smallest absolute Gasteiger partial charge is 0.337 e. The average molecular weight is 404 g/mol. The van der Waals surface area contributed by atoms with Crippen molar-refractivity contribution in [1.29, 1.82) is 0 Å². The lowest BCUT2D eigenvalue weighted by molar-refractivity contribution is 0.0697. The fraction of sp³-hybridized carbons (Fsp3) is 0.222. The first-order valence-corrected chi connectivity index (χ1v) is 9.41. The molecule has 0 unspecified atom stereocenters. The van der Waals surface area contributed by atoms with Crippen molar-refractivity contribution in [2.75, 3.05) is 24.2 Å². The molecule has 3 aromatic rings. The number of carboxylic acids is 1. The molecule has 3 N–H and O–H groups in total. The fourth-order valence-electron chi connectivity index (χ4n) is 2.52. The summed E-state index contributed by atoms with van der Waals surface area (Å²) in [6, 6.07) is 6.80. The van der Waals surface area contributed by atoms with Gasteiger partial charge in [0.05, 0.1) is 26.9 Å². The number of benzene rings is 1. The molecule has 140 valence electrons. The van der Waals surface area contributed by atoms with Gasteiger partial charge in [0.2, 0.25) is 5.95 Å². The van der Waals surface area contributed by atoms with E-state index in [0.29, 0.717) is 18.9 Å². The minimum absolute atomic E-state index is 0.102. The number of hydrogen-bond acceptors (Lipinski definition) is 7. The number of carbonyl (C=O) groups is 1. The Morgan fingerprint density at radius 1 is 1.30 bits per heavy atom. The Kier molecular flexibility index (Phi) is 5.88. The highest BCUT2D eigenvalue weighted by Gasteiger charge is 2.12. The molecule has 0 aliphatic rings. The summed E-state index contributed by atoms with van der Waals surface area (Å²) in [5, 5.41) is 16.3. The molecular weight excluding hydrogens is 386 g/mol. The molecule has 1 aromatic carbocycles. The Balaban J connectivity index is 1.66. The lowest BCUT2D eigenvalue weighted by Gasteiger charge is -2.07. The van der Waals surface area contributed by atoms with E-state index in [-0.39, 0.29) is 10.6 Å². The lowest BCUT2D eigenvalue weighted by atomic mass is 10.1. The Morgan fingerprint density at radius 3 is 2.78 bits per heavy atom. The summed E-state index contributed by atoms with van der Waals surface area (Å²) in [6.07, 6.45) is 2.37. The van der Waals surface area contributed by atoms with Crippen LogP contribution in [0.3, 0.4) is 0 Å². The van der Waals surface area contributed by atoms with Crippen molar-refractivity contribution in [2.45, 2.75) is 13.3 Å². The van der Waals surface area contributed by atoms with Gasteiger partial charge in [-0.2, -0.15) is 0 Å².